The maximum Gasteiger partial charge on any atom is 0.253 e. The van der Waals surface area contributed by atoms with Gasteiger partial charge in [0.05, 0.1) is 0 Å². The Morgan fingerprint density at radius 2 is 1.65 bits per heavy atom. The summed E-state index contributed by atoms with van der Waals surface area (Å²) in [6.07, 6.45) is 13.4. The van der Waals surface area contributed by atoms with Crippen LogP contribution in [-0.4, -0.2) is 42.7 Å². The topological polar surface area (TPSA) is 73.3 Å². The minimum absolute atomic E-state index is 0.00146. The summed E-state index contributed by atoms with van der Waals surface area (Å²) in [6, 6.07) is 14.2. The van der Waals surface area contributed by atoms with E-state index in [0.29, 0.717) is 20.1 Å². The summed E-state index contributed by atoms with van der Waals surface area (Å²) in [5.41, 5.74) is 5.67. The molecule has 5 nitrogen and oxygen atoms in total. The SMILES string of the molecule is CC1CCCCC1.CCCC(CC)C(=O)Nc1cc(C(=O)N2CCC(c3ccc(/C(C=N)=C/PC)cc3)CC2)ccc1C. The quantitative estimate of drug-likeness (QED) is 0.210. The van der Waals surface area contributed by atoms with Crippen molar-refractivity contribution in [2.24, 2.45) is 11.8 Å². The minimum Gasteiger partial charge on any atom is -0.339 e. The smallest absolute Gasteiger partial charge is 0.253 e. The first-order chi connectivity index (χ1) is 20.8. The van der Waals surface area contributed by atoms with Crippen LogP contribution in [0.5, 0.6) is 0 Å². The third-order valence-electron chi connectivity index (χ3n) is 9.09. The molecular weight excluding hydrogens is 549 g/mol. The van der Waals surface area contributed by atoms with Crippen molar-refractivity contribution in [3.8, 4) is 0 Å². The number of likely N-dealkylation sites (tertiary alicyclic amines) is 1. The van der Waals surface area contributed by atoms with Crippen LogP contribution in [-0.2, 0) is 4.79 Å². The zero-order chi connectivity index (χ0) is 31.2. The molecule has 0 bridgehead atoms. The number of rotatable bonds is 10. The number of aryl methyl sites for hydroxylation is 1. The van der Waals surface area contributed by atoms with E-state index in [1.165, 1.54) is 43.9 Å². The van der Waals surface area contributed by atoms with Gasteiger partial charge < -0.3 is 15.6 Å². The van der Waals surface area contributed by atoms with Crippen molar-refractivity contribution in [1.82, 2.24) is 4.90 Å². The molecule has 1 aliphatic carbocycles. The summed E-state index contributed by atoms with van der Waals surface area (Å²) in [7, 11) is 0.678. The third kappa shape index (κ3) is 10.4. The van der Waals surface area contributed by atoms with Gasteiger partial charge in [0.15, 0.2) is 0 Å². The minimum atomic E-state index is 0.00146. The molecule has 0 aromatic heterocycles. The highest BCUT2D eigenvalue weighted by molar-refractivity contribution is 7.41. The number of nitrogens with zero attached hydrogens (tertiary/aromatic N) is 1. The molecule has 2 fully saturated rings. The van der Waals surface area contributed by atoms with Gasteiger partial charge in [-0.25, -0.2) is 0 Å². The lowest BCUT2D eigenvalue weighted by molar-refractivity contribution is -0.120. The summed E-state index contributed by atoms with van der Waals surface area (Å²) in [6.45, 7) is 12.0. The second kappa shape index (κ2) is 18.1. The highest BCUT2D eigenvalue weighted by Crippen LogP contribution is 2.31. The molecule has 1 saturated carbocycles. The Morgan fingerprint density at radius 3 is 2.19 bits per heavy atom. The summed E-state index contributed by atoms with van der Waals surface area (Å²) in [4.78, 5) is 27.9. The Kier molecular flexibility index (Phi) is 14.6. The van der Waals surface area contributed by atoms with Crippen LogP contribution in [0.4, 0.5) is 5.69 Å². The number of nitrogens with one attached hydrogen (secondary N) is 2. The summed E-state index contributed by atoms with van der Waals surface area (Å²) >= 11 is 0. The van der Waals surface area contributed by atoms with Crippen LogP contribution in [0.2, 0.25) is 0 Å². The molecule has 2 aliphatic rings. The largest absolute Gasteiger partial charge is 0.339 e. The molecular formula is C37H54N3O2P. The molecule has 2 unspecified atom stereocenters. The number of carbonyl (C=O) groups is 2. The Balaban J connectivity index is 0.000000633. The van der Waals surface area contributed by atoms with E-state index < -0.39 is 0 Å². The number of carbonyl (C=O) groups excluding carboxylic acids is 2. The summed E-state index contributed by atoms with van der Waals surface area (Å²) < 4.78 is 0. The van der Waals surface area contributed by atoms with Gasteiger partial charge in [0.25, 0.3) is 5.91 Å². The van der Waals surface area contributed by atoms with Crippen LogP contribution < -0.4 is 5.32 Å². The fourth-order valence-electron chi connectivity index (χ4n) is 6.21. The number of benzene rings is 2. The molecule has 1 aliphatic heterocycles. The fourth-order valence-corrected chi connectivity index (χ4v) is 6.77. The number of anilines is 1. The van der Waals surface area contributed by atoms with E-state index in [9.17, 15) is 9.59 Å². The monoisotopic (exact) mass is 603 g/mol. The van der Waals surface area contributed by atoms with Gasteiger partial charge in [-0.05, 0) is 85.5 Å². The lowest BCUT2D eigenvalue weighted by atomic mass is 9.88. The number of hydrogen-bond acceptors (Lipinski definition) is 3. The summed E-state index contributed by atoms with van der Waals surface area (Å²) in [5.74, 6) is 3.64. The van der Waals surface area contributed by atoms with Gasteiger partial charge in [0, 0.05) is 36.5 Å². The van der Waals surface area contributed by atoms with E-state index in [0.717, 1.165) is 73.5 Å². The second-order valence-electron chi connectivity index (χ2n) is 12.4. The van der Waals surface area contributed by atoms with Gasteiger partial charge in [-0.3, -0.25) is 9.59 Å². The normalized spacial score (nSPS) is 17.3. The Morgan fingerprint density at radius 1 is 1.00 bits per heavy atom. The zero-order valence-corrected chi connectivity index (χ0v) is 28.2. The third-order valence-corrected chi connectivity index (χ3v) is 9.69. The van der Waals surface area contributed by atoms with E-state index in [4.69, 9.17) is 5.41 Å². The van der Waals surface area contributed by atoms with E-state index in [-0.39, 0.29) is 17.7 Å². The number of allylic oxidation sites excluding steroid dienone is 1. The van der Waals surface area contributed by atoms with E-state index in [1.807, 2.05) is 36.9 Å². The Bertz CT molecular complexity index is 1210. The standard InChI is InChI=1S/C30H40N3O2P.C7H14/c1-5-7-22(6-2)29(34)32-28-18-26(9-8-21(28)3)30(35)33-16-14-25(15-17-33)23-10-12-24(13-11-23)27(19-31)20-36-4;1-7-5-3-2-4-6-7/h8-13,18-20,22,25,31,36H,5-7,14-17H2,1-4H3,(H,32,34);7H,2-6H2,1H3/b27-20+,31-19?;. The van der Waals surface area contributed by atoms with Gasteiger partial charge in [-0.1, -0.05) is 95.4 Å². The fraction of sp³-hybridized carbons (Fsp3) is 0.541. The maximum atomic E-state index is 13.3. The first-order valence-corrected chi connectivity index (χ1v) is 18.1. The molecule has 0 spiro atoms. The van der Waals surface area contributed by atoms with Crippen LogP contribution in [0.1, 0.15) is 118 Å². The molecule has 1 heterocycles. The predicted molar refractivity (Wildman–Crippen MR) is 186 cm³/mol. The van der Waals surface area contributed by atoms with Crippen molar-refractivity contribution in [1.29, 1.82) is 5.41 Å². The van der Waals surface area contributed by atoms with Gasteiger partial charge in [0.2, 0.25) is 5.91 Å². The van der Waals surface area contributed by atoms with Crippen molar-refractivity contribution in [3.05, 3.63) is 70.5 Å². The zero-order valence-electron chi connectivity index (χ0n) is 27.2. The Labute approximate surface area is 262 Å². The molecule has 2 aromatic carbocycles. The van der Waals surface area contributed by atoms with E-state index >= 15 is 0 Å². The molecule has 2 aromatic rings. The first kappa shape index (κ1) is 34.7. The van der Waals surface area contributed by atoms with Crippen molar-refractivity contribution in [3.63, 3.8) is 0 Å². The van der Waals surface area contributed by atoms with E-state index in [2.05, 4.69) is 55.9 Å². The lowest BCUT2D eigenvalue weighted by Gasteiger charge is -2.32. The molecule has 4 rings (SSSR count). The molecule has 1 saturated heterocycles. The van der Waals surface area contributed by atoms with Crippen LogP contribution in [0, 0.1) is 24.2 Å². The van der Waals surface area contributed by atoms with Gasteiger partial charge in [-0.2, -0.15) is 0 Å². The van der Waals surface area contributed by atoms with Gasteiger partial charge in [-0.15, -0.1) is 8.58 Å². The van der Waals surface area contributed by atoms with Crippen LogP contribution in [0.15, 0.2) is 48.3 Å². The Hall–Kier alpha value is -2.78. The summed E-state index contributed by atoms with van der Waals surface area (Å²) in [5, 5.41) is 10.7. The predicted octanol–water partition coefficient (Wildman–Crippen LogP) is 9.66. The lowest BCUT2D eigenvalue weighted by Crippen LogP contribution is -2.38. The maximum absolute atomic E-state index is 13.3. The molecule has 2 amide bonds. The average Bonchev–Trinajstić information content (AvgIpc) is 3.04. The molecule has 2 atom stereocenters. The van der Waals surface area contributed by atoms with Gasteiger partial charge >= 0.3 is 0 Å². The number of hydrogen-bond donors (Lipinski definition) is 2. The first-order valence-electron chi connectivity index (χ1n) is 16.5. The average molecular weight is 604 g/mol. The van der Waals surface area contributed by atoms with Crippen LogP contribution in [0.25, 0.3) is 5.57 Å². The van der Waals surface area contributed by atoms with Crippen LogP contribution in [0.3, 0.4) is 0 Å². The highest BCUT2D eigenvalue weighted by Gasteiger charge is 2.25. The molecule has 0 radical (unpaired) electrons. The van der Waals surface area contributed by atoms with Crippen LogP contribution >= 0.6 is 8.58 Å². The van der Waals surface area contributed by atoms with Crippen molar-refractivity contribution in [2.45, 2.75) is 97.8 Å². The molecule has 2 N–H and O–H groups in total. The van der Waals surface area contributed by atoms with Crippen molar-refractivity contribution in [2.75, 3.05) is 25.1 Å². The number of piperidine rings is 1. The second-order valence-corrected chi connectivity index (χ2v) is 13.2. The molecule has 6 heteroatoms. The van der Waals surface area contributed by atoms with E-state index in [1.54, 1.807) is 0 Å². The molecule has 43 heavy (non-hydrogen) atoms. The number of amides is 2. The van der Waals surface area contributed by atoms with Gasteiger partial charge in [0.1, 0.15) is 0 Å². The van der Waals surface area contributed by atoms with Crippen molar-refractivity contribution >= 4 is 37.9 Å². The highest BCUT2D eigenvalue weighted by atomic mass is 31.1. The molecule has 234 valence electrons. The van der Waals surface area contributed by atoms with Crippen molar-refractivity contribution < 1.29 is 9.59 Å².